The highest BCUT2D eigenvalue weighted by molar-refractivity contribution is 5.87. The molecule has 0 aliphatic carbocycles. The van der Waals surface area contributed by atoms with E-state index in [0.717, 1.165) is 18.6 Å². The van der Waals surface area contributed by atoms with Crippen LogP contribution in [0.2, 0.25) is 0 Å². The molecule has 1 saturated heterocycles. The van der Waals surface area contributed by atoms with E-state index in [-0.39, 0.29) is 11.8 Å². The number of rotatable bonds is 3. The molecule has 1 aliphatic rings. The maximum Gasteiger partial charge on any atom is 0.225 e. The molecule has 1 aliphatic heterocycles. The zero-order valence-electron chi connectivity index (χ0n) is 9.57. The summed E-state index contributed by atoms with van der Waals surface area (Å²) in [5, 5.41) is 11.8. The highest BCUT2D eigenvalue weighted by Crippen LogP contribution is 2.15. The van der Waals surface area contributed by atoms with Gasteiger partial charge in [0.15, 0.2) is 0 Å². The zero-order valence-corrected chi connectivity index (χ0v) is 9.57. The second-order valence-corrected chi connectivity index (χ2v) is 4.00. The van der Waals surface area contributed by atoms with Gasteiger partial charge in [-0.15, -0.1) is 0 Å². The van der Waals surface area contributed by atoms with Crippen LogP contribution >= 0.6 is 0 Å². The molecule has 0 bridgehead atoms. The second-order valence-electron chi connectivity index (χ2n) is 4.00. The van der Waals surface area contributed by atoms with Crippen molar-refractivity contribution in [1.29, 1.82) is 0 Å². The maximum atomic E-state index is 12.0. The van der Waals surface area contributed by atoms with Gasteiger partial charge in [-0.05, 0) is 12.8 Å². The molecule has 0 aromatic rings. The first-order valence-electron chi connectivity index (χ1n) is 5.71. The number of hydrogen-bond acceptors (Lipinski definition) is 3. The third-order valence-corrected chi connectivity index (χ3v) is 3.13. The number of carbonyl (C=O) groups excluding carboxylic acids is 1. The van der Waals surface area contributed by atoms with Crippen LogP contribution in [-0.2, 0) is 4.79 Å². The van der Waals surface area contributed by atoms with Crippen molar-refractivity contribution >= 4 is 11.6 Å². The van der Waals surface area contributed by atoms with Gasteiger partial charge in [0.25, 0.3) is 0 Å². The summed E-state index contributed by atoms with van der Waals surface area (Å²) in [6, 6.07) is 0. The minimum atomic E-state index is 0.164. The normalized spacial score (nSPS) is 17.0. The van der Waals surface area contributed by atoms with Gasteiger partial charge in [-0.3, -0.25) is 4.79 Å². The summed E-state index contributed by atoms with van der Waals surface area (Å²) in [4.78, 5) is 13.9. The van der Waals surface area contributed by atoms with Crippen LogP contribution in [-0.4, -0.2) is 34.8 Å². The Labute approximate surface area is 90.9 Å². The number of likely N-dealkylation sites (tertiary alicyclic amines) is 1. The Morgan fingerprint density at radius 2 is 1.93 bits per heavy atom. The van der Waals surface area contributed by atoms with E-state index in [9.17, 15) is 4.79 Å². The topological polar surface area (TPSA) is 52.9 Å². The van der Waals surface area contributed by atoms with Gasteiger partial charge in [0.1, 0.15) is 0 Å². The predicted molar refractivity (Wildman–Crippen MR) is 59.1 cm³/mol. The van der Waals surface area contributed by atoms with Crippen LogP contribution in [0.5, 0.6) is 0 Å². The molecule has 0 radical (unpaired) electrons. The van der Waals surface area contributed by atoms with Crippen molar-refractivity contribution < 1.29 is 10.0 Å². The van der Waals surface area contributed by atoms with Crippen LogP contribution in [0.15, 0.2) is 5.16 Å². The Hall–Kier alpha value is -1.06. The minimum Gasteiger partial charge on any atom is -0.411 e. The number of carbonyl (C=O) groups is 1. The molecule has 1 N–H and O–H groups in total. The molecule has 1 heterocycles. The summed E-state index contributed by atoms with van der Waals surface area (Å²) >= 11 is 0. The van der Waals surface area contributed by atoms with Crippen molar-refractivity contribution in [2.45, 2.75) is 39.5 Å². The number of nitrogens with zero attached hydrogens (tertiary/aromatic N) is 2. The molecule has 1 rings (SSSR count). The van der Waals surface area contributed by atoms with E-state index < -0.39 is 0 Å². The molecule has 0 saturated carbocycles. The molecule has 1 amide bonds. The van der Waals surface area contributed by atoms with Gasteiger partial charge in [0, 0.05) is 31.8 Å². The Balaban J connectivity index is 2.49. The van der Waals surface area contributed by atoms with E-state index in [0.29, 0.717) is 25.9 Å². The van der Waals surface area contributed by atoms with Gasteiger partial charge in [0.2, 0.25) is 5.91 Å². The Morgan fingerprint density at radius 1 is 1.40 bits per heavy atom. The van der Waals surface area contributed by atoms with Gasteiger partial charge in [0.05, 0.1) is 5.71 Å². The van der Waals surface area contributed by atoms with E-state index in [1.165, 1.54) is 0 Å². The quantitative estimate of drug-likeness (QED) is 0.573. The lowest BCUT2D eigenvalue weighted by Crippen LogP contribution is -2.41. The Kier molecular flexibility index (Phi) is 4.59. The molecule has 1 fully saturated rings. The Morgan fingerprint density at radius 3 is 2.33 bits per heavy atom. The molecule has 4 heteroatoms. The van der Waals surface area contributed by atoms with Crippen molar-refractivity contribution in [3.8, 4) is 0 Å². The smallest absolute Gasteiger partial charge is 0.225 e. The number of amides is 1. The largest absolute Gasteiger partial charge is 0.411 e. The number of oxime groups is 1. The van der Waals surface area contributed by atoms with Crippen LogP contribution in [0.25, 0.3) is 0 Å². The maximum absolute atomic E-state index is 12.0. The highest BCUT2D eigenvalue weighted by atomic mass is 16.4. The van der Waals surface area contributed by atoms with Crippen LogP contribution in [0.1, 0.15) is 39.5 Å². The highest BCUT2D eigenvalue weighted by Gasteiger charge is 2.24. The third kappa shape index (κ3) is 2.94. The average Bonchev–Trinajstić information content (AvgIpc) is 2.30. The fourth-order valence-electron chi connectivity index (χ4n) is 1.98. The van der Waals surface area contributed by atoms with Gasteiger partial charge >= 0.3 is 0 Å². The zero-order chi connectivity index (χ0) is 11.3. The van der Waals surface area contributed by atoms with Crippen LogP contribution in [0.3, 0.4) is 0 Å². The molecule has 0 spiro atoms. The average molecular weight is 212 g/mol. The molecular formula is C11H20N2O2. The van der Waals surface area contributed by atoms with Crippen molar-refractivity contribution in [3.05, 3.63) is 0 Å². The molecule has 0 atom stereocenters. The van der Waals surface area contributed by atoms with Crippen molar-refractivity contribution in [2.24, 2.45) is 11.1 Å². The predicted octanol–water partition coefficient (Wildman–Crippen LogP) is 1.88. The Bertz CT molecular complexity index is 237. The lowest BCUT2D eigenvalue weighted by molar-refractivity contribution is -0.135. The standard InChI is InChI=1S/C11H20N2O2/c1-3-9(4-2)11(14)13-7-5-10(12-15)6-8-13/h9,15H,3-8H2,1-2H3. The first-order valence-corrected chi connectivity index (χ1v) is 5.71. The van der Waals surface area contributed by atoms with Crippen molar-refractivity contribution in [2.75, 3.05) is 13.1 Å². The van der Waals surface area contributed by atoms with E-state index in [2.05, 4.69) is 19.0 Å². The third-order valence-electron chi connectivity index (χ3n) is 3.13. The van der Waals surface area contributed by atoms with Gasteiger partial charge in [-0.1, -0.05) is 19.0 Å². The molecular weight excluding hydrogens is 192 g/mol. The number of piperidine rings is 1. The summed E-state index contributed by atoms with van der Waals surface area (Å²) in [5.41, 5.74) is 0.809. The van der Waals surface area contributed by atoms with Crippen molar-refractivity contribution in [3.63, 3.8) is 0 Å². The molecule has 86 valence electrons. The van der Waals surface area contributed by atoms with E-state index in [1.54, 1.807) is 0 Å². The summed E-state index contributed by atoms with van der Waals surface area (Å²) in [6.45, 7) is 5.51. The lowest BCUT2D eigenvalue weighted by atomic mass is 9.99. The molecule has 0 aromatic carbocycles. The molecule has 4 nitrogen and oxygen atoms in total. The van der Waals surface area contributed by atoms with E-state index >= 15 is 0 Å². The fourth-order valence-corrected chi connectivity index (χ4v) is 1.98. The van der Waals surface area contributed by atoms with E-state index in [1.807, 2.05) is 4.90 Å². The first kappa shape index (κ1) is 12.0. The summed E-state index contributed by atoms with van der Waals surface area (Å²) in [7, 11) is 0. The fraction of sp³-hybridized carbons (Fsp3) is 0.818. The van der Waals surface area contributed by atoms with Crippen LogP contribution < -0.4 is 0 Å². The molecule has 15 heavy (non-hydrogen) atoms. The molecule has 0 aromatic heterocycles. The molecule has 0 unspecified atom stereocenters. The SMILES string of the molecule is CCC(CC)C(=O)N1CCC(=NO)CC1. The van der Waals surface area contributed by atoms with Gasteiger partial charge < -0.3 is 10.1 Å². The minimum absolute atomic E-state index is 0.164. The van der Waals surface area contributed by atoms with Gasteiger partial charge in [-0.25, -0.2) is 0 Å². The monoisotopic (exact) mass is 212 g/mol. The number of hydrogen-bond donors (Lipinski definition) is 1. The van der Waals surface area contributed by atoms with Gasteiger partial charge in [-0.2, -0.15) is 0 Å². The lowest BCUT2D eigenvalue weighted by Gasteiger charge is -2.30. The summed E-state index contributed by atoms with van der Waals surface area (Å²) in [5.74, 6) is 0.426. The van der Waals surface area contributed by atoms with E-state index in [4.69, 9.17) is 5.21 Å². The van der Waals surface area contributed by atoms with Crippen LogP contribution in [0, 0.1) is 5.92 Å². The summed E-state index contributed by atoms with van der Waals surface area (Å²) < 4.78 is 0. The second kappa shape index (κ2) is 5.73. The van der Waals surface area contributed by atoms with Crippen LogP contribution in [0.4, 0.5) is 0 Å². The van der Waals surface area contributed by atoms with Crippen molar-refractivity contribution in [1.82, 2.24) is 4.90 Å². The summed E-state index contributed by atoms with van der Waals surface area (Å²) in [6.07, 6.45) is 3.24. The first-order chi connectivity index (χ1) is 7.22.